The first kappa shape index (κ1) is 37.1. The van der Waals surface area contributed by atoms with E-state index in [1.807, 2.05) is 0 Å². The first-order valence-electron chi connectivity index (χ1n) is 15.9. The average Bonchev–Trinajstić information content (AvgIpc) is 2.95. The Balaban J connectivity index is 0.000000609. The van der Waals surface area contributed by atoms with Crippen molar-refractivity contribution in [1.82, 2.24) is 0 Å². The molecule has 0 aliphatic heterocycles. The third-order valence-corrected chi connectivity index (χ3v) is 7.59. The number of carboxylic acids is 2. The molecule has 1 aliphatic carbocycles. The molecule has 0 radical (unpaired) electrons. The van der Waals surface area contributed by atoms with Crippen LogP contribution in [0.2, 0.25) is 0 Å². The van der Waals surface area contributed by atoms with E-state index in [4.69, 9.17) is 19.7 Å². The van der Waals surface area contributed by atoms with E-state index in [0.29, 0.717) is 37.2 Å². The number of unbranched alkanes of at least 4 members (excludes halogenated alkanes) is 6. The summed E-state index contributed by atoms with van der Waals surface area (Å²) in [7, 11) is 0. The van der Waals surface area contributed by atoms with Crippen LogP contribution in [0, 0.1) is 23.7 Å². The predicted octanol–water partition coefficient (Wildman–Crippen LogP) is 8.18. The van der Waals surface area contributed by atoms with Gasteiger partial charge in [0.2, 0.25) is 0 Å². The zero-order chi connectivity index (χ0) is 31.3. The number of aliphatic carboxylic acids is 2. The van der Waals surface area contributed by atoms with Gasteiger partial charge in [-0.25, -0.2) is 9.59 Å². The van der Waals surface area contributed by atoms with Gasteiger partial charge in [0.25, 0.3) is 0 Å². The van der Waals surface area contributed by atoms with Crippen LogP contribution in [0.1, 0.15) is 138 Å². The van der Waals surface area contributed by atoms with Crippen molar-refractivity contribution < 1.29 is 38.9 Å². The number of hydrogen-bond acceptors (Lipinski definition) is 6. The highest BCUT2D eigenvalue weighted by Gasteiger charge is 2.35. The molecule has 0 amide bonds. The second-order valence-electron chi connectivity index (χ2n) is 12.2. The monoisotopic (exact) mass is 590 g/mol. The largest absolute Gasteiger partial charge is 0.481 e. The lowest BCUT2D eigenvalue weighted by molar-refractivity contribution is -0.155. The van der Waals surface area contributed by atoms with Crippen LogP contribution in [0.5, 0.6) is 0 Å². The quantitative estimate of drug-likeness (QED) is 0.129. The minimum absolute atomic E-state index is 0.291. The molecule has 2 rings (SSSR count). The van der Waals surface area contributed by atoms with E-state index in [0.717, 1.165) is 63.2 Å². The second-order valence-corrected chi connectivity index (χ2v) is 12.2. The summed E-state index contributed by atoms with van der Waals surface area (Å²) in [5, 5.41) is 17.4. The molecule has 2 N–H and O–H groups in total. The van der Waals surface area contributed by atoms with E-state index in [1.54, 1.807) is 24.3 Å². The maximum absolute atomic E-state index is 12.4. The van der Waals surface area contributed by atoms with Crippen molar-refractivity contribution in [3.8, 4) is 0 Å². The van der Waals surface area contributed by atoms with Crippen molar-refractivity contribution in [2.45, 2.75) is 118 Å². The third-order valence-electron chi connectivity index (χ3n) is 7.59. The van der Waals surface area contributed by atoms with E-state index in [9.17, 15) is 19.2 Å². The van der Waals surface area contributed by atoms with Crippen molar-refractivity contribution in [3.63, 3.8) is 0 Å². The van der Waals surface area contributed by atoms with Crippen molar-refractivity contribution in [1.29, 1.82) is 0 Å². The fourth-order valence-electron chi connectivity index (χ4n) is 5.06. The molecule has 0 saturated heterocycles. The second kappa shape index (κ2) is 21.8. The van der Waals surface area contributed by atoms with E-state index >= 15 is 0 Å². The minimum atomic E-state index is -0.970. The van der Waals surface area contributed by atoms with Gasteiger partial charge in [-0.2, -0.15) is 0 Å². The Hall–Kier alpha value is -2.90. The Morgan fingerprint density at radius 3 is 1.33 bits per heavy atom. The summed E-state index contributed by atoms with van der Waals surface area (Å²) in [6.45, 7) is 9.72. The standard InChI is InChI=1S/C26H42O4.C8H12O4/c1-21(2)15-9-5-7-13-19-29-25(27)23-17-11-12-18-24(23)26(28)30-20-14-8-6-10-16-22(3)4;9-7(10)5-3-1-2-4-6(5)8(11)12/h11-12,17-18,21-22H,5-10,13-16,19-20H2,1-4H3;5-6H,1-4H2,(H,9,10)(H,11,12). The first-order chi connectivity index (χ1) is 20.0. The van der Waals surface area contributed by atoms with E-state index in [2.05, 4.69) is 27.7 Å². The summed E-state index contributed by atoms with van der Waals surface area (Å²) in [5.74, 6) is -2.69. The lowest BCUT2D eigenvalue weighted by Gasteiger charge is -2.24. The molecular weight excluding hydrogens is 536 g/mol. The van der Waals surface area contributed by atoms with Gasteiger partial charge in [0.05, 0.1) is 36.2 Å². The van der Waals surface area contributed by atoms with Crippen LogP contribution in [-0.2, 0) is 19.1 Å². The van der Waals surface area contributed by atoms with Crippen LogP contribution in [0.3, 0.4) is 0 Å². The number of carbonyl (C=O) groups is 4. The van der Waals surface area contributed by atoms with Crippen LogP contribution < -0.4 is 0 Å². The average molecular weight is 591 g/mol. The summed E-state index contributed by atoms with van der Waals surface area (Å²) in [6.07, 6.45) is 13.8. The summed E-state index contributed by atoms with van der Waals surface area (Å²) in [5.41, 5.74) is 0.582. The van der Waals surface area contributed by atoms with Crippen LogP contribution in [0.25, 0.3) is 0 Å². The Kier molecular flexibility index (Phi) is 19.2. The molecule has 238 valence electrons. The molecular formula is C34H54O8. The normalized spacial score (nSPS) is 16.4. The van der Waals surface area contributed by atoms with E-state index in [-0.39, 0.29) is 0 Å². The minimum Gasteiger partial charge on any atom is -0.481 e. The van der Waals surface area contributed by atoms with E-state index in [1.165, 1.54) is 25.7 Å². The van der Waals surface area contributed by atoms with Crippen molar-refractivity contribution in [2.75, 3.05) is 13.2 Å². The lowest BCUT2D eigenvalue weighted by atomic mass is 9.79. The van der Waals surface area contributed by atoms with Crippen LogP contribution >= 0.6 is 0 Å². The molecule has 0 spiro atoms. The van der Waals surface area contributed by atoms with E-state index < -0.39 is 35.7 Å². The van der Waals surface area contributed by atoms with Gasteiger partial charge in [0.1, 0.15) is 0 Å². The summed E-state index contributed by atoms with van der Waals surface area (Å²) >= 11 is 0. The third kappa shape index (κ3) is 15.9. The molecule has 1 fully saturated rings. The van der Waals surface area contributed by atoms with Crippen molar-refractivity contribution >= 4 is 23.9 Å². The molecule has 2 atom stereocenters. The van der Waals surface area contributed by atoms with Gasteiger partial charge in [0.15, 0.2) is 0 Å². The SMILES string of the molecule is CC(C)CCCCCCOC(=O)c1ccccc1C(=O)OCCCCCCC(C)C.O=C(O)C1CCCCC1C(=O)O. The molecule has 0 aromatic heterocycles. The summed E-state index contributed by atoms with van der Waals surface area (Å²) in [6, 6.07) is 6.75. The first-order valence-corrected chi connectivity index (χ1v) is 15.9. The zero-order valence-corrected chi connectivity index (χ0v) is 26.3. The van der Waals surface area contributed by atoms with Crippen LogP contribution in [0.15, 0.2) is 24.3 Å². The molecule has 1 aromatic rings. The number of rotatable bonds is 18. The zero-order valence-electron chi connectivity index (χ0n) is 26.3. The molecule has 8 nitrogen and oxygen atoms in total. The molecule has 1 aliphatic rings. The fourth-order valence-corrected chi connectivity index (χ4v) is 5.06. The Bertz CT molecular complexity index is 864. The topological polar surface area (TPSA) is 127 Å². The molecule has 2 unspecified atom stereocenters. The highest BCUT2D eigenvalue weighted by Crippen LogP contribution is 2.30. The van der Waals surface area contributed by atoms with Gasteiger partial charge in [-0.1, -0.05) is 104 Å². The number of esters is 2. The summed E-state index contributed by atoms with van der Waals surface area (Å²) in [4.78, 5) is 46.1. The number of carbonyl (C=O) groups excluding carboxylic acids is 2. The smallest absolute Gasteiger partial charge is 0.339 e. The van der Waals surface area contributed by atoms with Gasteiger partial charge in [-0.05, 0) is 49.7 Å². The lowest BCUT2D eigenvalue weighted by Crippen LogP contribution is -2.32. The Labute approximate surface area is 252 Å². The van der Waals surface area contributed by atoms with Gasteiger partial charge >= 0.3 is 23.9 Å². The Morgan fingerprint density at radius 2 is 1.00 bits per heavy atom. The van der Waals surface area contributed by atoms with Gasteiger partial charge in [-0.15, -0.1) is 0 Å². The fraction of sp³-hybridized carbons (Fsp3) is 0.706. The number of carboxylic acid groups (broad SMARTS) is 2. The van der Waals surface area contributed by atoms with Crippen LogP contribution in [0.4, 0.5) is 0 Å². The van der Waals surface area contributed by atoms with Gasteiger partial charge in [0, 0.05) is 0 Å². The Morgan fingerprint density at radius 1 is 0.643 bits per heavy atom. The molecule has 42 heavy (non-hydrogen) atoms. The highest BCUT2D eigenvalue weighted by atomic mass is 16.5. The number of ether oxygens (including phenoxy) is 2. The van der Waals surface area contributed by atoms with Gasteiger partial charge < -0.3 is 19.7 Å². The summed E-state index contributed by atoms with van der Waals surface area (Å²) < 4.78 is 10.8. The van der Waals surface area contributed by atoms with Gasteiger partial charge in [-0.3, -0.25) is 9.59 Å². The maximum Gasteiger partial charge on any atom is 0.339 e. The van der Waals surface area contributed by atoms with Crippen LogP contribution in [-0.4, -0.2) is 47.3 Å². The number of benzene rings is 1. The molecule has 0 heterocycles. The maximum atomic E-state index is 12.4. The van der Waals surface area contributed by atoms with Crippen molar-refractivity contribution in [3.05, 3.63) is 35.4 Å². The predicted molar refractivity (Wildman–Crippen MR) is 164 cm³/mol. The number of hydrogen-bond donors (Lipinski definition) is 2. The molecule has 1 aromatic carbocycles. The molecule has 1 saturated carbocycles. The highest BCUT2D eigenvalue weighted by molar-refractivity contribution is 6.03. The van der Waals surface area contributed by atoms with Crippen molar-refractivity contribution in [2.24, 2.45) is 23.7 Å². The molecule has 0 bridgehead atoms. The molecule has 8 heteroatoms.